The molecule has 1 heterocycles. The molecule has 72 valence electrons. The van der Waals surface area contributed by atoms with E-state index in [1.807, 2.05) is 0 Å². The summed E-state index contributed by atoms with van der Waals surface area (Å²) in [6.07, 6.45) is 0.0960. The minimum Gasteiger partial charge on any atom is -0.377 e. The topological polar surface area (TPSA) is 41.7 Å². The molecule has 1 unspecified atom stereocenters. The summed E-state index contributed by atoms with van der Waals surface area (Å²) < 4.78 is 5.24. The first-order valence-corrected chi connectivity index (χ1v) is 4.42. The molecule has 0 spiro atoms. The van der Waals surface area contributed by atoms with Crippen LogP contribution in [-0.2, 0) is 4.74 Å². The minimum absolute atomic E-state index is 0.0960. The van der Waals surface area contributed by atoms with Crippen molar-refractivity contribution in [2.24, 2.45) is 5.73 Å². The molecule has 0 aromatic rings. The second kappa shape index (κ2) is 4.77. The molecule has 12 heavy (non-hydrogen) atoms. The lowest BCUT2D eigenvalue weighted by atomic mass is 10.3. The fourth-order valence-corrected chi connectivity index (χ4v) is 1.26. The molecule has 0 amide bonds. The van der Waals surface area contributed by atoms with Gasteiger partial charge < -0.3 is 15.4 Å². The smallest absolute Gasteiger partial charge is 0.0814 e. The maximum atomic E-state index is 5.85. The van der Waals surface area contributed by atoms with Crippen molar-refractivity contribution in [3.8, 4) is 0 Å². The molecule has 4 heteroatoms. The van der Waals surface area contributed by atoms with E-state index < -0.39 is 0 Å². The first-order valence-electron chi connectivity index (χ1n) is 4.42. The zero-order chi connectivity index (χ0) is 8.97. The summed E-state index contributed by atoms with van der Waals surface area (Å²) >= 11 is 0. The quantitative estimate of drug-likeness (QED) is 0.604. The van der Waals surface area contributed by atoms with Gasteiger partial charge in [0, 0.05) is 19.6 Å². The molecule has 4 nitrogen and oxygen atoms in total. The van der Waals surface area contributed by atoms with E-state index in [1.165, 1.54) is 0 Å². The summed E-state index contributed by atoms with van der Waals surface area (Å²) in [5.74, 6) is 0. The highest BCUT2D eigenvalue weighted by Crippen LogP contribution is 2.00. The molecule has 1 aliphatic rings. The van der Waals surface area contributed by atoms with Gasteiger partial charge in [0.05, 0.1) is 19.4 Å². The zero-order valence-corrected chi connectivity index (χ0v) is 7.99. The summed E-state index contributed by atoms with van der Waals surface area (Å²) in [5, 5.41) is 0. The highest BCUT2D eigenvalue weighted by Gasteiger charge is 2.18. The van der Waals surface area contributed by atoms with Crippen LogP contribution in [0, 0.1) is 0 Å². The summed E-state index contributed by atoms with van der Waals surface area (Å²) in [7, 11) is 4.15. The van der Waals surface area contributed by atoms with Crippen LogP contribution in [0.1, 0.15) is 0 Å². The molecule has 0 aromatic heterocycles. The number of hydrogen-bond acceptors (Lipinski definition) is 4. The van der Waals surface area contributed by atoms with Gasteiger partial charge in [0.25, 0.3) is 0 Å². The Kier molecular flexibility index (Phi) is 3.94. The third-order valence-electron chi connectivity index (χ3n) is 2.11. The van der Waals surface area contributed by atoms with Crippen LogP contribution in [0.15, 0.2) is 0 Å². The van der Waals surface area contributed by atoms with Gasteiger partial charge in [-0.2, -0.15) is 0 Å². The molecule has 0 aliphatic carbocycles. The van der Waals surface area contributed by atoms with Gasteiger partial charge in [0.2, 0.25) is 0 Å². The van der Waals surface area contributed by atoms with Crippen LogP contribution in [0.5, 0.6) is 0 Å². The van der Waals surface area contributed by atoms with E-state index in [9.17, 15) is 0 Å². The summed E-state index contributed by atoms with van der Waals surface area (Å²) in [6.45, 7) is 4.56. The van der Waals surface area contributed by atoms with Crippen molar-refractivity contribution in [1.82, 2.24) is 9.80 Å². The van der Waals surface area contributed by atoms with Crippen molar-refractivity contribution in [2.75, 3.05) is 46.9 Å². The van der Waals surface area contributed by atoms with Gasteiger partial charge in [-0.3, -0.25) is 4.90 Å². The Morgan fingerprint density at radius 1 is 1.58 bits per heavy atom. The van der Waals surface area contributed by atoms with Crippen LogP contribution in [0.2, 0.25) is 0 Å². The third kappa shape index (κ3) is 3.06. The van der Waals surface area contributed by atoms with E-state index in [0.29, 0.717) is 6.61 Å². The first kappa shape index (κ1) is 9.92. The molecule has 1 aliphatic heterocycles. The van der Waals surface area contributed by atoms with Crippen LogP contribution in [0.25, 0.3) is 0 Å². The van der Waals surface area contributed by atoms with Gasteiger partial charge >= 0.3 is 0 Å². The van der Waals surface area contributed by atoms with Crippen molar-refractivity contribution < 1.29 is 4.74 Å². The van der Waals surface area contributed by atoms with Crippen molar-refractivity contribution in [1.29, 1.82) is 0 Å². The van der Waals surface area contributed by atoms with Crippen LogP contribution in [-0.4, -0.2) is 62.9 Å². The summed E-state index contributed by atoms with van der Waals surface area (Å²) in [5.41, 5.74) is 5.85. The Balaban J connectivity index is 2.20. The number of rotatable bonds is 3. The van der Waals surface area contributed by atoms with Crippen LogP contribution in [0.3, 0.4) is 0 Å². The molecule has 1 fully saturated rings. The average molecular weight is 173 g/mol. The Morgan fingerprint density at radius 2 is 2.33 bits per heavy atom. The van der Waals surface area contributed by atoms with Gasteiger partial charge in [-0.25, -0.2) is 0 Å². The van der Waals surface area contributed by atoms with E-state index in [-0.39, 0.29) is 6.17 Å². The van der Waals surface area contributed by atoms with Gasteiger partial charge in [0.15, 0.2) is 0 Å². The largest absolute Gasteiger partial charge is 0.377 e. The minimum atomic E-state index is 0.0960. The molecule has 1 atom stereocenters. The molecule has 2 N–H and O–H groups in total. The summed E-state index contributed by atoms with van der Waals surface area (Å²) in [6, 6.07) is 0. The molecular weight excluding hydrogens is 154 g/mol. The Bertz CT molecular complexity index is 129. The number of nitrogens with two attached hydrogens (primary N) is 1. The standard InChI is InChI=1S/C8H19N3O/c1-10(2)3-4-11-5-6-12-7-8(11)9/h8H,3-7,9H2,1-2H3. The maximum absolute atomic E-state index is 5.85. The zero-order valence-electron chi connectivity index (χ0n) is 7.99. The van der Waals surface area contributed by atoms with Gasteiger partial charge in [-0.05, 0) is 14.1 Å². The lowest BCUT2D eigenvalue weighted by molar-refractivity contribution is -0.00694. The van der Waals surface area contributed by atoms with Crippen molar-refractivity contribution in [2.45, 2.75) is 6.17 Å². The predicted molar refractivity (Wildman–Crippen MR) is 48.9 cm³/mol. The van der Waals surface area contributed by atoms with Gasteiger partial charge in [-0.15, -0.1) is 0 Å². The second-order valence-corrected chi connectivity index (χ2v) is 3.48. The summed E-state index contributed by atoms with van der Waals surface area (Å²) in [4.78, 5) is 4.44. The van der Waals surface area contributed by atoms with Crippen LogP contribution >= 0.6 is 0 Å². The first-order chi connectivity index (χ1) is 5.70. The number of ether oxygens (including phenoxy) is 1. The van der Waals surface area contributed by atoms with Crippen LogP contribution < -0.4 is 5.73 Å². The molecule has 0 bridgehead atoms. The Labute approximate surface area is 74.3 Å². The lowest BCUT2D eigenvalue weighted by Gasteiger charge is -2.33. The SMILES string of the molecule is CN(C)CCN1CCOCC1N. The molecule has 0 radical (unpaired) electrons. The highest BCUT2D eigenvalue weighted by molar-refractivity contribution is 4.70. The predicted octanol–water partition coefficient (Wildman–Crippen LogP) is -0.835. The number of hydrogen-bond donors (Lipinski definition) is 1. The molecule has 0 aromatic carbocycles. The number of morpholine rings is 1. The Hall–Kier alpha value is -0.160. The van der Waals surface area contributed by atoms with E-state index in [1.54, 1.807) is 0 Å². The maximum Gasteiger partial charge on any atom is 0.0814 e. The van der Waals surface area contributed by atoms with Gasteiger partial charge in [0.1, 0.15) is 0 Å². The fourth-order valence-electron chi connectivity index (χ4n) is 1.26. The third-order valence-corrected chi connectivity index (χ3v) is 2.11. The Morgan fingerprint density at radius 3 is 2.92 bits per heavy atom. The van der Waals surface area contributed by atoms with E-state index in [4.69, 9.17) is 10.5 Å². The molecule has 1 rings (SSSR count). The molecule has 0 saturated carbocycles. The highest BCUT2D eigenvalue weighted by atomic mass is 16.5. The van der Waals surface area contributed by atoms with Crippen molar-refractivity contribution in [3.63, 3.8) is 0 Å². The average Bonchev–Trinajstić information content (AvgIpc) is 2.03. The molecule has 1 saturated heterocycles. The van der Waals surface area contributed by atoms with Crippen LogP contribution in [0.4, 0.5) is 0 Å². The van der Waals surface area contributed by atoms with Crippen molar-refractivity contribution >= 4 is 0 Å². The van der Waals surface area contributed by atoms with E-state index in [0.717, 1.165) is 26.2 Å². The fraction of sp³-hybridized carbons (Fsp3) is 1.00. The van der Waals surface area contributed by atoms with Crippen molar-refractivity contribution in [3.05, 3.63) is 0 Å². The van der Waals surface area contributed by atoms with E-state index >= 15 is 0 Å². The van der Waals surface area contributed by atoms with Gasteiger partial charge in [-0.1, -0.05) is 0 Å². The monoisotopic (exact) mass is 173 g/mol. The second-order valence-electron chi connectivity index (χ2n) is 3.48. The number of likely N-dealkylation sites (N-methyl/N-ethyl adjacent to an activating group) is 1. The normalized spacial score (nSPS) is 26.5. The molecular formula is C8H19N3O. The lowest BCUT2D eigenvalue weighted by Crippen LogP contribution is -2.52. The van der Waals surface area contributed by atoms with E-state index in [2.05, 4.69) is 23.9 Å². The number of nitrogens with zero attached hydrogens (tertiary/aromatic N) is 2.